The molecule has 0 spiro atoms. The van der Waals surface area contributed by atoms with Gasteiger partial charge >= 0.3 is 0 Å². The van der Waals surface area contributed by atoms with Gasteiger partial charge in [-0.05, 0) is 18.1 Å². The average molecular weight is 462 g/mol. The van der Waals surface area contributed by atoms with Gasteiger partial charge in [0.2, 0.25) is 11.0 Å². The third-order valence-electron chi connectivity index (χ3n) is 5.84. The zero-order valence-electron chi connectivity index (χ0n) is 19.4. The number of aromatic nitrogens is 2. The zero-order valence-corrected chi connectivity index (χ0v) is 20.2. The van der Waals surface area contributed by atoms with Crippen molar-refractivity contribution >= 4 is 28.6 Å². The van der Waals surface area contributed by atoms with Crippen molar-refractivity contribution in [1.82, 2.24) is 19.2 Å². The maximum Gasteiger partial charge on any atom is 0.242 e. The van der Waals surface area contributed by atoms with E-state index in [1.54, 1.807) is 0 Å². The Bertz CT molecular complexity index is 1060. The van der Waals surface area contributed by atoms with E-state index in [0.717, 1.165) is 43.7 Å². The highest BCUT2D eigenvalue weighted by molar-refractivity contribution is 7.09. The number of amides is 1. The van der Waals surface area contributed by atoms with Crippen LogP contribution >= 0.6 is 11.5 Å². The molecule has 0 aliphatic carbocycles. The van der Waals surface area contributed by atoms with E-state index < -0.39 is 0 Å². The average Bonchev–Trinajstić information content (AvgIpc) is 3.30. The fourth-order valence-electron chi connectivity index (χ4n) is 3.81. The molecule has 3 aromatic rings. The number of hydrogen-bond acceptors (Lipinski definition) is 6. The Hall–Kier alpha value is -3.03. The van der Waals surface area contributed by atoms with Gasteiger partial charge in [0.1, 0.15) is 5.82 Å². The van der Waals surface area contributed by atoms with Crippen molar-refractivity contribution in [3.8, 4) is 0 Å². The number of hydrogen-bond donors (Lipinski definition) is 0. The standard InChI is InChI=1S/C26H31N5OS/c1-21-10-12-23(13-11-21)19-24-27-26(33-28-24)29(2)20-25(32)31-17-15-30(16-18-31)14-6-9-22-7-4-3-5-8-22/h3-13H,14-20H2,1-2H3. The molecule has 1 fully saturated rings. The van der Waals surface area contributed by atoms with E-state index in [1.165, 1.54) is 28.2 Å². The quantitative estimate of drug-likeness (QED) is 0.512. The normalized spacial score (nSPS) is 14.7. The van der Waals surface area contributed by atoms with E-state index in [0.29, 0.717) is 13.0 Å². The van der Waals surface area contributed by atoms with E-state index >= 15 is 0 Å². The first-order chi connectivity index (χ1) is 16.1. The molecule has 0 unspecified atom stereocenters. The maximum atomic E-state index is 12.8. The fourth-order valence-corrected chi connectivity index (χ4v) is 4.46. The Kier molecular flexibility index (Phi) is 7.86. The monoisotopic (exact) mass is 461 g/mol. The molecule has 0 N–H and O–H groups in total. The second-order valence-corrected chi connectivity index (χ2v) is 9.24. The number of likely N-dealkylation sites (N-methyl/N-ethyl adjacent to an activating group) is 1. The number of piperazine rings is 1. The summed E-state index contributed by atoms with van der Waals surface area (Å²) in [5.74, 6) is 0.947. The maximum absolute atomic E-state index is 12.8. The first kappa shape index (κ1) is 23.1. The first-order valence-corrected chi connectivity index (χ1v) is 12.1. The highest BCUT2D eigenvalue weighted by Gasteiger charge is 2.22. The molecule has 0 radical (unpaired) electrons. The molecule has 1 amide bonds. The molecule has 2 aromatic carbocycles. The van der Waals surface area contributed by atoms with Gasteiger partial charge in [-0.25, -0.2) is 4.98 Å². The molecule has 172 valence electrons. The largest absolute Gasteiger partial charge is 0.341 e. The zero-order chi connectivity index (χ0) is 23.0. The molecule has 0 bridgehead atoms. The molecule has 0 atom stereocenters. The lowest BCUT2D eigenvalue weighted by molar-refractivity contribution is -0.131. The molecule has 0 saturated carbocycles. The van der Waals surface area contributed by atoms with Crippen LogP contribution in [0.25, 0.3) is 6.08 Å². The molecule has 2 heterocycles. The van der Waals surface area contributed by atoms with Crippen LogP contribution in [0.5, 0.6) is 0 Å². The fraction of sp³-hybridized carbons (Fsp3) is 0.346. The second kappa shape index (κ2) is 11.2. The van der Waals surface area contributed by atoms with Crippen molar-refractivity contribution in [2.75, 3.05) is 51.2 Å². The van der Waals surface area contributed by atoms with Crippen LogP contribution in [0, 0.1) is 6.92 Å². The van der Waals surface area contributed by atoms with Crippen molar-refractivity contribution in [2.45, 2.75) is 13.3 Å². The number of benzene rings is 2. The van der Waals surface area contributed by atoms with E-state index in [4.69, 9.17) is 0 Å². The first-order valence-electron chi connectivity index (χ1n) is 11.4. The van der Waals surface area contributed by atoms with Crippen molar-refractivity contribution in [1.29, 1.82) is 0 Å². The van der Waals surface area contributed by atoms with Crippen LogP contribution < -0.4 is 4.90 Å². The number of anilines is 1. The SMILES string of the molecule is Cc1ccc(Cc2nsc(N(C)CC(=O)N3CCN(CC=Cc4ccccc4)CC3)n2)cc1. The van der Waals surface area contributed by atoms with Crippen LogP contribution in [-0.4, -0.2) is 71.4 Å². The summed E-state index contributed by atoms with van der Waals surface area (Å²) in [5, 5.41) is 0.787. The number of nitrogens with zero attached hydrogens (tertiary/aromatic N) is 5. The minimum absolute atomic E-state index is 0.146. The van der Waals surface area contributed by atoms with Crippen LogP contribution in [0.3, 0.4) is 0 Å². The van der Waals surface area contributed by atoms with Gasteiger partial charge < -0.3 is 9.80 Å². The van der Waals surface area contributed by atoms with Crippen molar-refractivity contribution in [3.63, 3.8) is 0 Å². The molecule has 1 aliphatic heterocycles. The highest BCUT2D eigenvalue weighted by atomic mass is 32.1. The van der Waals surface area contributed by atoms with E-state index in [1.807, 2.05) is 35.0 Å². The molecule has 1 aromatic heterocycles. The lowest BCUT2D eigenvalue weighted by atomic mass is 10.1. The number of aryl methyl sites for hydroxylation is 1. The molecule has 33 heavy (non-hydrogen) atoms. The Labute approximate surface area is 200 Å². The Morgan fingerprint density at radius 2 is 1.79 bits per heavy atom. The van der Waals surface area contributed by atoms with Gasteiger partial charge in [-0.1, -0.05) is 72.3 Å². The van der Waals surface area contributed by atoms with Gasteiger partial charge in [0, 0.05) is 57.7 Å². The topological polar surface area (TPSA) is 52.6 Å². The minimum Gasteiger partial charge on any atom is -0.341 e. The van der Waals surface area contributed by atoms with Crippen LogP contribution in [0.1, 0.15) is 22.5 Å². The smallest absolute Gasteiger partial charge is 0.242 e. The van der Waals surface area contributed by atoms with Crippen LogP contribution in [-0.2, 0) is 11.2 Å². The molecule has 1 aliphatic rings. The molecular weight excluding hydrogens is 430 g/mol. The van der Waals surface area contributed by atoms with Crippen LogP contribution in [0.4, 0.5) is 5.13 Å². The Balaban J connectivity index is 1.21. The molecule has 1 saturated heterocycles. The highest BCUT2D eigenvalue weighted by Crippen LogP contribution is 2.18. The Morgan fingerprint density at radius 3 is 2.52 bits per heavy atom. The Morgan fingerprint density at radius 1 is 1.06 bits per heavy atom. The van der Waals surface area contributed by atoms with Crippen molar-refractivity contribution < 1.29 is 4.79 Å². The number of carbonyl (C=O) groups is 1. The third-order valence-corrected chi connectivity index (χ3v) is 6.71. The summed E-state index contributed by atoms with van der Waals surface area (Å²) in [7, 11) is 1.92. The predicted molar refractivity (Wildman–Crippen MR) is 136 cm³/mol. The van der Waals surface area contributed by atoms with Gasteiger partial charge in [0.15, 0.2) is 0 Å². The summed E-state index contributed by atoms with van der Waals surface area (Å²) in [5.41, 5.74) is 3.65. The summed E-state index contributed by atoms with van der Waals surface area (Å²) < 4.78 is 4.49. The van der Waals surface area contributed by atoms with Gasteiger partial charge in [-0.3, -0.25) is 9.69 Å². The van der Waals surface area contributed by atoms with Crippen LogP contribution in [0.15, 0.2) is 60.7 Å². The molecule has 6 nitrogen and oxygen atoms in total. The van der Waals surface area contributed by atoms with Crippen LogP contribution in [0.2, 0.25) is 0 Å². The lowest BCUT2D eigenvalue weighted by Crippen LogP contribution is -2.50. The van der Waals surface area contributed by atoms with Gasteiger partial charge in [0.05, 0.1) is 6.54 Å². The molecular formula is C26H31N5OS. The minimum atomic E-state index is 0.146. The van der Waals surface area contributed by atoms with E-state index in [-0.39, 0.29) is 5.91 Å². The molecule has 7 heteroatoms. The van der Waals surface area contributed by atoms with Gasteiger partial charge in [0.25, 0.3) is 0 Å². The van der Waals surface area contributed by atoms with E-state index in [2.05, 4.69) is 69.7 Å². The van der Waals surface area contributed by atoms with Crippen molar-refractivity contribution in [2.24, 2.45) is 0 Å². The summed E-state index contributed by atoms with van der Waals surface area (Å²) in [4.78, 5) is 23.7. The molecule has 4 rings (SSSR count). The summed E-state index contributed by atoms with van der Waals surface area (Å²) in [6.45, 7) is 6.64. The second-order valence-electron chi connectivity index (χ2n) is 8.51. The van der Waals surface area contributed by atoms with Gasteiger partial charge in [-0.15, -0.1) is 0 Å². The lowest BCUT2D eigenvalue weighted by Gasteiger charge is -2.34. The van der Waals surface area contributed by atoms with Gasteiger partial charge in [-0.2, -0.15) is 4.37 Å². The third kappa shape index (κ3) is 6.73. The summed E-state index contributed by atoms with van der Waals surface area (Å²) >= 11 is 1.35. The number of carbonyl (C=O) groups excluding carboxylic acids is 1. The number of rotatable bonds is 8. The summed E-state index contributed by atoms with van der Waals surface area (Å²) in [6, 6.07) is 18.8. The predicted octanol–water partition coefficient (Wildman–Crippen LogP) is 3.73. The van der Waals surface area contributed by atoms with Crippen molar-refractivity contribution in [3.05, 3.63) is 83.2 Å². The summed E-state index contributed by atoms with van der Waals surface area (Å²) in [6.07, 6.45) is 5.06. The van der Waals surface area contributed by atoms with E-state index in [9.17, 15) is 4.79 Å².